The predicted octanol–water partition coefficient (Wildman–Crippen LogP) is 4.19. The van der Waals surface area contributed by atoms with Gasteiger partial charge in [-0.1, -0.05) is 65.8 Å². The minimum Gasteiger partial charge on any atom is -0.467 e. The van der Waals surface area contributed by atoms with Gasteiger partial charge in [-0.2, -0.15) is 9.97 Å². The Morgan fingerprint density at radius 1 is 0.973 bits per heavy atom. The molecule has 0 amide bonds. The van der Waals surface area contributed by atoms with Crippen LogP contribution in [0.25, 0.3) is 0 Å². The van der Waals surface area contributed by atoms with Crippen molar-refractivity contribution in [3.8, 4) is 6.01 Å². The Balaban J connectivity index is 0.000000419. The molecular weight excluding hydrogens is 462 g/mol. The molecule has 0 saturated carbocycles. The number of anilines is 1. The van der Waals surface area contributed by atoms with E-state index in [1.54, 1.807) is 7.11 Å². The van der Waals surface area contributed by atoms with E-state index in [9.17, 15) is 0 Å². The van der Waals surface area contributed by atoms with E-state index in [0.717, 1.165) is 50.7 Å². The highest BCUT2D eigenvalue weighted by Crippen LogP contribution is 2.41. The molecule has 4 aliphatic rings. The van der Waals surface area contributed by atoms with Gasteiger partial charge in [-0.15, -0.1) is 0 Å². The fraction of sp³-hybridized carbons (Fsp3) is 0.655. The molecule has 1 aliphatic carbocycles. The first-order valence-corrected chi connectivity index (χ1v) is 14.3. The number of nitrogens with zero attached hydrogens (tertiary/aromatic N) is 5. The second-order valence-corrected chi connectivity index (χ2v) is 8.93. The van der Waals surface area contributed by atoms with Crippen LogP contribution >= 0.6 is 0 Å². The van der Waals surface area contributed by atoms with Gasteiger partial charge in [0.15, 0.2) is 0 Å². The largest absolute Gasteiger partial charge is 0.467 e. The molecule has 3 N–H and O–H groups in total. The van der Waals surface area contributed by atoms with E-state index in [-0.39, 0.29) is 6.17 Å². The number of methoxy groups -OCH3 is 1. The molecule has 2 saturated heterocycles. The topological polar surface area (TPSA) is 82.5 Å². The minimum atomic E-state index is -0.0328. The van der Waals surface area contributed by atoms with Crippen molar-refractivity contribution in [1.29, 1.82) is 0 Å². The van der Waals surface area contributed by atoms with Crippen LogP contribution in [-0.4, -0.2) is 72.8 Å². The van der Waals surface area contributed by atoms with E-state index >= 15 is 0 Å². The van der Waals surface area contributed by atoms with Gasteiger partial charge in [0.25, 0.3) is 0 Å². The SMILES string of the molecule is CC.CC.CC.CN1CC1.COc1nc2c(c(N3CCN[C@@H](N)C3)n1)CN(C1CCc3ccccc31)C2. The molecule has 0 spiro atoms. The Hall–Kier alpha value is -2.26. The number of benzene rings is 1. The highest BCUT2D eigenvalue weighted by atomic mass is 16.5. The number of aromatic nitrogens is 2. The van der Waals surface area contributed by atoms with Crippen LogP contribution in [0.4, 0.5) is 5.82 Å². The van der Waals surface area contributed by atoms with Crippen LogP contribution in [-0.2, 0) is 19.5 Å². The lowest BCUT2D eigenvalue weighted by atomic mass is 10.1. The molecular formula is C29H51N7O. The third-order valence-electron chi connectivity index (χ3n) is 6.66. The summed E-state index contributed by atoms with van der Waals surface area (Å²) in [5.41, 5.74) is 11.4. The summed E-state index contributed by atoms with van der Waals surface area (Å²) in [7, 11) is 3.74. The molecule has 1 aromatic heterocycles. The summed E-state index contributed by atoms with van der Waals surface area (Å²) in [6, 6.07) is 9.73. The lowest BCUT2D eigenvalue weighted by Gasteiger charge is -2.33. The smallest absolute Gasteiger partial charge is 0.318 e. The van der Waals surface area contributed by atoms with Crippen LogP contribution < -0.4 is 20.7 Å². The van der Waals surface area contributed by atoms with Crippen LogP contribution in [0.3, 0.4) is 0 Å². The van der Waals surface area contributed by atoms with Crippen molar-refractivity contribution in [2.45, 2.75) is 79.7 Å². The number of aryl methyl sites for hydroxylation is 1. The molecule has 8 nitrogen and oxygen atoms in total. The van der Waals surface area contributed by atoms with Gasteiger partial charge in [-0.25, -0.2) is 0 Å². The highest BCUT2D eigenvalue weighted by molar-refractivity contribution is 5.52. The van der Waals surface area contributed by atoms with Crippen molar-refractivity contribution in [2.24, 2.45) is 5.73 Å². The third kappa shape index (κ3) is 8.11. The maximum atomic E-state index is 6.12. The van der Waals surface area contributed by atoms with Gasteiger partial charge < -0.3 is 20.3 Å². The van der Waals surface area contributed by atoms with Gasteiger partial charge >= 0.3 is 6.01 Å². The summed E-state index contributed by atoms with van der Waals surface area (Å²) >= 11 is 0. The first-order valence-electron chi connectivity index (χ1n) is 14.3. The average molecular weight is 514 g/mol. The number of ether oxygens (including phenoxy) is 1. The molecule has 2 aromatic rings. The van der Waals surface area contributed by atoms with Gasteiger partial charge in [0.1, 0.15) is 5.82 Å². The molecule has 1 aromatic carbocycles. The lowest BCUT2D eigenvalue weighted by Crippen LogP contribution is -2.55. The van der Waals surface area contributed by atoms with Crippen molar-refractivity contribution < 1.29 is 4.74 Å². The fourth-order valence-corrected chi connectivity index (χ4v) is 4.80. The number of rotatable bonds is 3. The fourth-order valence-electron chi connectivity index (χ4n) is 4.80. The molecule has 0 bridgehead atoms. The molecule has 3 aliphatic heterocycles. The molecule has 0 radical (unpaired) electrons. The van der Waals surface area contributed by atoms with Crippen molar-refractivity contribution >= 4 is 5.82 Å². The van der Waals surface area contributed by atoms with Crippen molar-refractivity contribution in [2.75, 3.05) is 51.8 Å². The molecule has 208 valence electrons. The van der Waals surface area contributed by atoms with Crippen molar-refractivity contribution in [1.82, 2.24) is 25.1 Å². The summed E-state index contributed by atoms with van der Waals surface area (Å²) < 4.78 is 5.40. The summed E-state index contributed by atoms with van der Waals surface area (Å²) in [5, 5.41) is 3.29. The van der Waals surface area contributed by atoms with Crippen LogP contribution in [0.2, 0.25) is 0 Å². The van der Waals surface area contributed by atoms with E-state index in [2.05, 4.69) is 56.3 Å². The van der Waals surface area contributed by atoms with Crippen LogP contribution in [0.1, 0.15) is 76.4 Å². The average Bonchev–Trinajstić information content (AvgIpc) is 3.44. The summed E-state index contributed by atoms with van der Waals surface area (Å²) in [6.45, 7) is 18.9. The molecule has 1 unspecified atom stereocenters. The number of hydrogen-bond donors (Lipinski definition) is 2. The number of likely N-dealkylation sites (N-methyl/N-ethyl adjacent to an activating group) is 1. The number of piperazine rings is 1. The van der Waals surface area contributed by atoms with E-state index in [1.165, 1.54) is 36.2 Å². The Morgan fingerprint density at radius 2 is 1.65 bits per heavy atom. The molecule has 4 heterocycles. The number of fused-ring (bicyclic) bond motifs is 2. The second-order valence-electron chi connectivity index (χ2n) is 8.93. The molecule has 2 atom stereocenters. The molecule has 2 fully saturated rings. The molecule has 6 rings (SSSR count). The Bertz CT molecular complexity index is 934. The lowest BCUT2D eigenvalue weighted by molar-refractivity contribution is 0.198. The summed E-state index contributed by atoms with van der Waals surface area (Å²) in [5.74, 6) is 0.989. The first kappa shape index (κ1) is 31.0. The standard InChI is InChI=1S/C20H26N6O.C3H7N.3C2H6/c1-27-20-23-16-11-26(17-7-6-13-4-2-3-5-14(13)17)10-15(16)19(24-20)25-9-8-22-18(21)12-25;1-4-2-3-4;3*1-2/h2-5,17-18,22H,6-12,21H2,1H3;2-3H2,1H3;3*1-2H3/t17?,18-;;;;/m1..../s1. The van der Waals surface area contributed by atoms with Crippen LogP contribution in [0, 0.1) is 0 Å². The summed E-state index contributed by atoms with van der Waals surface area (Å²) in [6.07, 6.45) is 2.29. The van der Waals surface area contributed by atoms with Gasteiger partial charge in [0.05, 0.1) is 19.0 Å². The number of nitrogens with one attached hydrogen (secondary N) is 1. The Kier molecular flexibility index (Phi) is 13.3. The quantitative estimate of drug-likeness (QED) is 0.591. The van der Waals surface area contributed by atoms with Crippen LogP contribution in [0.5, 0.6) is 6.01 Å². The monoisotopic (exact) mass is 513 g/mol. The number of nitrogens with two attached hydrogens (primary N) is 1. The van der Waals surface area contributed by atoms with Gasteiger partial charge in [-0.3, -0.25) is 10.2 Å². The molecule has 37 heavy (non-hydrogen) atoms. The van der Waals surface area contributed by atoms with Gasteiger partial charge in [0, 0.05) is 57.4 Å². The molecule has 8 heteroatoms. The zero-order valence-electron chi connectivity index (χ0n) is 24.5. The van der Waals surface area contributed by atoms with Crippen LogP contribution in [0.15, 0.2) is 24.3 Å². The van der Waals surface area contributed by atoms with Gasteiger partial charge in [0.2, 0.25) is 0 Å². The minimum absolute atomic E-state index is 0.0328. The second kappa shape index (κ2) is 15.9. The van der Waals surface area contributed by atoms with E-state index in [1.807, 2.05) is 41.5 Å². The van der Waals surface area contributed by atoms with E-state index in [0.29, 0.717) is 12.1 Å². The third-order valence-corrected chi connectivity index (χ3v) is 6.66. The Labute approximate surface area is 225 Å². The first-order chi connectivity index (χ1) is 18.1. The maximum absolute atomic E-state index is 6.12. The van der Waals surface area contributed by atoms with Crippen molar-refractivity contribution in [3.63, 3.8) is 0 Å². The predicted molar refractivity (Wildman–Crippen MR) is 155 cm³/mol. The maximum Gasteiger partial charge on any atom is 0.318 e. The zero-order valence-corrected chi connectivity index (χ0v) is 24.5. The van der Waals surface area contributed by atoms with E-state index in [4.69, 9.17) is 15.5 Å². The van der Waals surface area contributed by atoms with E-state index < -0.39 is 0 Å². The number of hydrogen-bond acceptors (Lipinski definition) is 8. The highest BCUT2D eigenvalue weighted by Gasteiger charge is 2.35. The van der Waals surface area contributed by atoms with Crippen molar-refractivity contribution in [3.05, 3.63) is 46.6 Å². The normalized spacial score (nSPS) is 21.4. The zero-order chi connectivity index (χ0) is 27.4. The Morgan fingerprint density at radius 3 is 2.27 bits per heavy atom. The summed E-state index contributed by atoms with van der Waals surface area (Å²) in [4.78, 5) is 16.4. The van der Waals surface area contributed by atoms with Gasteiger partial charge in [-0.05, 0) is 31.0 Å².